The molecule has 5 heteroatoms. The standard InChI is InChI=1S/C20H30O5/c1-4-20(2,24-14-15-9-11-16(23-3)12-10-15)19(22)8-6-5-7-17-18(13-21)25-17/h9-12,17-18,21H,4-8,13-14H2,1-3H3/t17-,18-,20-/m0/s1. The van der Waals surface area contributed by atoms with E-state index < -0.39 is 5.60 Å². The summed E-state index contributed by atoms with van der Waals surface area (Å²) >= 11 is 0. The first-order valence-corrected chi connectivity index (χ1v) is 9.09. The van der Waals surface area contributed by atoms with Gasteiger partial charge in [0.15, 0.2) is 5.78 Å². The first-order chi connectivity index (χ1) is 12.0. The molecule has 25 heavy (non-hydrogen) atoms. The molecule has 2 rings (SSSR count). The number of carbonyl (C=O) groups is 1. The highest BCUT2D eigenvalue weighted by molar-refractivity contribution is 5.86. The number of aliphatic hydroxyl groups is 1. The lowest BCUT2D eigenvalue weighted by Crippen LogP contribution is -2.37. The van der Waals surface area contributed by atoms with Crippen LogP contribution >= 0.6 is 0 Å². The monoisotopic (exact) mass is 350 g/mol. The van der Waals surface area contributed by atoms with E-state index in [1.165, 1.54) is 0 Å². The Balaban J connectivity index is 1.73. The van der Waals surface area contributed by atoms with Crippen molar-refractivity contribution >= 4 is 5.78 Å². The Hall–Kier alpha value is -1.43. The van der Waals surface area contributed by atoms with Crippen LogP contribution in [0.3, 0.4) is 0 Å². The van der Waals surface area contributed by atoms with Crippen molar-refractivity contribution in [3.8, 4) is 5.75 Å². The maximum Gasteiger partial charge on any atom is 0.164 e. The fourth-order valence-electron chi connectivity index (χ4n) is 2.83. The molecule has 0 spiro atoms. The number of hydrogen-bond acceptors (Lipinski definition) is 5. The van der Waals surface area contributed by atoms with Gasteiger partial charge in [-0.1, -0.05) is 25.5 Å². The maximum absolute atomic E-state index is 12.6. The van der Waals surface area contributed by atoms with Crippen molar-refractivity contribution < 1.29 is 24.1 Å². The summed E-state index contributed by atoms with van der Waals surface area (Å²) in [6.45, 7) is 4.37. The number of hydrogen-bond donors (Lipinski definition) is 1. The zero-order valence-electron chi connectivity index (χ0n) is 15.5. The molecular formula is C20H30O5. The molecule has 1 aliphatic rings. The first-order valence-electron chi connectivity index (χ1n) is 9.09. The zero-order valence-corrected chi connectivity index (χ0v) is 15.5. The normalized spacial score (nSPS) is 21.6. The lowest BCUT2D eigenvalue weighted by atomic mass is 9.93. The Morgan fingerprint density at radius 1 is 1.24 bits per heavy atom. The zero-order chi connectivity index (χ0) is 18.3. The van der Waals surface area contributed by atoms with E-state index in [0.29, 0.717) is 19.4 Å². The van der Waals surface area contributed by atoms with Gasteiger partial charge in [-0.3, -0.25) is 4.79 Å². The molecule has 0 aliphatic carbocycles. The van der Waals surface area contributed by atoms with Crippen LogP contribution in [0.4, 0.5) is 0 Å². The van der Waals surface area contributed by atoms with Crippen molar-refractivity contribution in [1.29, 1.82) is 0 Å². The van der Waals surface area contributed by atoms with Gasteiger partial charge in [-0.2, -0.15) is 0 Å². The van der Waals surface area contributed by atoms with Gasteiger partial charge < -0.3 is 19.3 Å². The van der Waals surface area contributed by atoms with Crippen molar-refractivity contribution in [2.45, 2.75) is 70.4 Å². The van der Waals surface area contributed by atoms with Crippen molar-refractivity contribution in [2.75, 3.05) is 13.7 Å². The number of rotatable bonds is 12. The third-order valence-electron chi connectivity index (χ3n) is 4.99. The van der Waals surface area contributed by atoms with Crippen molar-refractivity contribution in [3.63, 3.8) is 0 Å². The quantitative estimate of drug-likeness (QED) is 0.463. The average molecular weight is 350 g/mol. The van der Waals surface area contributed by atoms with Crippen LogP contribution in [0.2, 0.25) is 0 Å². The summed E-state index contributed by atoms with van der Waals surface area (Å²) in [6.07, 6.45) is 4.05. The van der Waals surface area contributed by atoms with E-state index in [4.69, 9.17) is 19.3 Å². The number of aliphatic hydroxyl groups excluding tert-OH is 1. The molecule has 3 atom stereocenters. The Bertz CT molecular complexity index is 542. The molecule has 5 nitrogen and oxygen atoms in total. The second-order valence-corrected chi connectivity index (χ2v) is 6.79. The third-order valence-corrected chi connectivity index (χ3v) is 4.99. The predicted molar refractivity (Wildman–Crippen MR) is 95.7 cm³/mol. The summed E-state index contributed by atoms with van der Waals surface area (Å²) in [6, 6.07) is 7.69. The molecule has 140 valence electrons. The summed E-state index contributed by atoms with van der Waals surface area (Å²) in [5.74, 6) is 0.958. The second kappa shape index (κ2) is 9.32. The lowest BCUT2D eigenvalue weighted by molar-refractivity contribution is -0.145. The van der Waals surface area contributed by atoms with Crippen LogP contribution < -0.4 is 4.74 Å². The number of methoxy groups -OCH3 is 1. The fraction of sp³-hybridized carbons (Fsp3) is 0.650. The van der Waals surface area contributed by atoms with Crippen LogP contribution in [0, 0.1) is 0 Å². The van der Waals surface area contributed by atoms with Gasteiger partial charge in [-0.25, -0.2) is 0 Å². The number of epoxide rings is 1. The minimum atomic E-state index is -0.746. The molecule has 0 bridgehead atoms. The van der Waals surface area contributed by atoms with Crippen molar-refractivity contribution in [1.82, 2.24) is 0 Å². The third kappa shape index (κ3) is 5.80. The van der Waals surface area contributed by atoms with Crippen molar-refractivity contribution in [2.24, 2.45) is 0 Å². The van der Waals surface area contributed by atoms with E-state index in [9.17, 15) is 4.79 Å². The Morgan fingerprint density at radius 2 is 1.96 bits per heavy atom. The molecular weight excluding hydrogens is 320 g/mol. The van der Waals surface area contributed by atoms with E-state index in [0.717, 1.165) is 30.6 Å². The van der Waals surface area contributed by atoms with Crippen LogP contribution in [0.1, 0.15) is 51.5 Å². The van der Waals surface area contributed by atoms with Gasteiger partial charge in [0, 0.05) is 6.42 Å². The first kappa shape index (κ1) is 19.9. The molecule has 1 aliphatic heterocycles. The maximum atomic E-state index is 12.6. The van der Waals surface area contributed by atoms with E-state index in [2.05, 4.69) is 0 Å². The van der Waals surface area contributed by atoms with Crippen LogP contribution in [0.25, 0.3) is 0 Å². The van der Waals surface area contributed by atoms with Crippen LogP contribution in [-0.4, -0.2) is 42.4 Å². The fourth-order valence-corrected chi connectivity index (χ4v) is 2.83. The van der Waals surface area contributed by atoms with Gasteiger partial charge in [-0.05, 0) is 43.9 Å². The molecule has 0 aromatic heterocycles. The van der Waals surface area contributed by atoms with Crippen LogP contribution in [0.5, 0.6) is 5.75 Å². The van der Waals surface area contributed by atoms with E-state index in [1.807, 2.05) is 38.1 Å². The molecule has 1 saturated heterocycles. The topological polar surface area (TPSA) is 68.3 Å². The lowest BCUT2D eigenvalue weighted by Gasteiger charge is -2.27. The number of unbranched alkanes of at least 4 members (excludes halogenated alkanes) is 1. The molecule has 1 aromatic rings. The number of ether oxygens (including phenoxy) is 3. The summed E-state index contributed by atoms with van der Waals surface area (Å²) < 4.78 is 16.4. The predicted octanol–water partition coefficient (Wildman–Crippen LogP) is 3.27. The largest absolute Gasteiger partial charge is 0.497 e. The molecule has 0 unspecified atom stereocenters. The van der Waals surface area contributed by atoms with Gasteiger partial charge in [0.05, 0.1) is 26.4 Å². The van der Waals surface area contributed by atoms with Crippen LogP contribution in [-0.2, 0) is 20.9 Å². The minimum absolute atomic E-state index is 0.0180. The number of ketones is 1. The number of Topliss-reactive ketones (excluding diaryl/α,β-unsaturated/α-hetero) is 1. The Morgan fingerprint density at radius 3 is 2.52 bits per heavy atom. The van der Waals surface area contributed by atoms with E-state index in [1.54, 1.807) is 7.11 Å². The molecule has 1 aromatic carbocycles. The molecule has 1 fully saturated rings. The highest BCUT2D eigenvalue weighted by Gasteiger charge is 2.37. The van der Waals surface area contributed by atoms with Gasteiger partial charge in [0.2, 0.25) is 0 Å². The molecule has 0 radical (unpaired) electrons. The summed E-state index contributed by atoms with van der Waals surface area (Å²) in [7, 11) is 1.64. The van der Waals surface area contributed by atoms with Gasteiger partial charge in [0.1, 0.15) is 17.5 Å². The number of carbonyl (C=O) groups excluding carboxylic acids is 1. The van der Waals surface area contributed by atoms with Crippen LogP contribution in [0.15, 0.2) is 24.3 Å². The van der Waals surface area contributed by atoms with Crippen molar-refractivity contribution in [3.05, 3.63) is 29.8 Å². The summed E-state index contributed by atoms with van der Waals surface area (Å²) in [5.41, 5.74) is 0.276. The Kier molecular flexibility index (Phi) is 7.41. The van der Waals surface area contributed by atoms with E-state index >= 15 is 0 Å². The highest BCUT2D eigenvalue weighted by atomic mass is 16.6. The van der Waals surface area contributed by atoms with Gasteiger partial charge >= 0.3 is 0 Å². The smallest absolute Gasteiger partial charge is 0.164 e. The van der Waals surface area contributed by atoms with Gasteiger partial charge in [0.25, 0.3) is 0 Å². The molecule has 1 heterocycles. The average Bonchev–Trinajstić information content (AvgIpc) is 3.42. The SMILES string of the molecule is CC[C@](C)(OCc1ccc(OC)cc1)C(=O)CCCC[C@@H]1O[C@H]1CO. The number of benzene rings is 1. The Labute approximate surface area is 150 Å². The molecule has 0 saturated carbocycles. The molecule has 0 amide bonds. The van der Waals surface area contributed by atoms with E-state index in [-0.39, 0.29) is 24.6 Å². The molecule has 1 N–H and O–H groups in total. The minimum Gasteiger partial charge on any atom is -0.497 e. The summed E-state index contributed by atoms with van der Waals surface area (Å²) in [4.78, 5) is 12.6. The second-order valence-electron chi connectivity index (χ2n) is 6.79. The summed E-state index contributed by atoms with van der Waals surface area (Å²) in [5, 5.41) is 8.94. The van der Waals surface area contributed by atoms with Gasteiger partial charge in [-0.15, -0.1) is 0 Å². The highest BCUT2D eigenvalue weighted by Crippen LogP contribution is 2.28.